The maximum Gasteiger partial charge on any atom is 0.314 e. The number of carbonyl (C=O) groups is 3. The van der Waals surface area contributed by atoms with Crippen LogP contribution in [0.4, 0.5) is 5.82 Å². The van der Waals surface area contributed by atoms with Gasteiger partial charge in [-0.15, -0.1) is 11.3 Å². The number of rotatable bonds is 6. The molecule has 0 radical (unpaired) electrons. The first-order valence-corrected chi connectivity index (χ1v) is 15.5. The van der Waals surface area contributed by atoms with Crippen molar-refractivity contribution in [1.82, 2.24) is 29.8 Å². The first-order chi connectivity index (χ1) is 19.6. The summed E-state index contributed by atoms with van der Waals surface area (Å²) in [4.78, 5) is 50.4. The number of carbonyl (C=O) groups excluding carboxylic acids is 3. The molecule has 12 nitrogen and oxygen atoms in total. The summed E-state index contributed by atoms with van der Waals surface area (Å²) >= 11 is 7.12. The number of likely N-dealkylation sites (N-methyl/N-ethyl adjacent to an activating group) is 1. The van der Waals surface area contributed by atoms with E-state index in [2.05, 4.69) is 30.8 Å². The molecule has 41 heavy (non-hydrogen) atoms. The van der Waals surface area contributed by atoms with E-state index in [4.69, 9.17) is 11.6 Å². The molecule has 216 valence electrons. The quantitative estimate of drug-likeness (QED) is 0.352. The summed E-state index contributed by atoms with van der Waals surface area (Å²) < 4.78 is 28.0. The smallest absolute Gasteiger partial charge is 0.314 e. The number of aromatic nitrogens is 2. The monoisotopic (exact) mass is 617 g/mol. The highest BCUT2D eigenvalue weighted by Crippen LogP contribution is 2.26. The Morgan fingerprint density at radius 2 is 1.80 bits per heavy atom. The molecular formula is C26H28ClN7O5S2. The molecule has 0 spiro atoms. The highest BCUT2D eigenvalue weighted by atomic mass is 35.5. The van der Waals surface area contributed by atoms with Crippen LogP contribution in [0.2, 0.25) is 5.02 Å². The molecule has 3 N–H and O–H groups in total. The predicted octanol–water partition coefficient (Wildman–Crippen LogP) is 1.50. The Morgan fingerprint density at radius 3 is 2.54 bits per heavy atom. The predicted molar refractivity (Wildman–Crippen MR) is 153 cm³/mol. The molecule has 0 saturated carbocycles. The van der Waals surface area contributed by atoms with Gasteiger partial charge in [0.2, 0.25) is 10.0 Å². The fourth-order valence-corrected chi connectivity index (χ4v) is 7.41. The second kappa shape index (κ2) is 12.2. The minimum Gasteiger partial charge on any atom is -0.344 e. The van der Waals surface area contributed by atoms with Gasteiger partial charge in [0.1, 0.15) is 5.82 Å². The minimum atomic E-state index is -3.86. The van der Waals surface area contributed by atoms with Gasteiger partial charge < -0.3 is 20.9 Å². The molecule has 1 aromatic carbocycles. The van der Waals surface area contributed by atoms with Crippen LogP contribution in [0.1, 0.15) is 26.8 Å². The van der Waals surface area contributed by atoms with E-state index in [9.17, 15) is 22.8 Å². The molecule has 15 heteroatoms. The lowest BCUT2D eigenvalue weighted by molar-refractivity contribution is -0.136. The van der Waals surface area contributed by atoms with E-state index < -0.39 is 39.8 Å². The average Bonchev–Trinajstić information content (AvgIpc) is 3.39. The minimum absolute atomic E-state index is 0.0762. The number of piperidine rings is 1. The standard InChI is InChI=1S/C26H28ClN7O5S2/c1-33-11-9-19-21(15-33)40-26(31-19)25(37)30-20-14-34(41(38,39)17-5-3-2-4-6-17)12-10-18(20)29-23(35)24(36)32-22-8-7-16(27)13-28-22/h2-8,13,18,20H,9-12,14-15H2,1H3,(H,29,35)(H,30,37)(H,28,32,36)/t18-,20+/m0/s1. The van der Waals surface area contributed by atoms with Crippen LogP contribution < -0.4 is 16.0 Å². The van der Waals surface area contributed by atoms with Gasteiger partial charge >= 0.3 is 11.8 Å². The lowest BCUT2D eigenvalue weighted by Crippen LogP contribution is -2.62. The normalized spacial score (nSPS) is 19.7. The van der Waals surface area contributed by atoms with Gasteiger partial charge in [0.15, 0.2) is 5.01 Å². The zero-order valence-corrected chi connectivity index (χ0v) is 24.4. The summed E-state index contributed by atoms with van der Waals surface area (Å²) in [6, 6.07) is 9.41. The van der Waals surface area contributed by atoms with E-state index in [0.29, 0.717) is 11.6 Å². The number of hydrogen-bond donors (Lipinski definition) is 3. The van der Waals surface area contributed by atoms with E-state index >= 15 is 0 Å². The van der Waals surface area contributed by atoms with Crippen molar-refractivity contribution in [1.29, 1.82) is 0 Å². The van der Waals surface area contributed by atoms with Crippen LogP contribution in [0, 0.1) is 0 Å². The molecule has 2 aliphatic heterocycles. The maximum absolute atomic E-state index is 13.3. The van der Waals surface area contributed by atoms with E-state index in [1.54, 1.807) is 18.2 Å². The van der Waals surface area contributed by atoms with Crippen molar-refractivity contribution < 1.29 is 22.8 Å². The van der Waals surface area contributed by atoms with Crippen molar-refractivity contribution in [3.8, 4) is 0 Å². The third-order valence-corrected chi connectivity index (χ3v) is 10.1. The maximum atomic E-state index is 13.3. The van der Waals surface area contributed by atoms with Gasteiger partial charge in [-0.3, -0.25) is 14.4 Å². The van der Waals surface area contributed by atoms with Crippen molar-refractivity contribution in [2.24, 2.45) is 0 Å². The molecule has 4 heterocycles. The molecule has 3 aromatic rings. The molecule has 1 fully saturated rings. The van der Waals surface area contributed by atoms with E-state index in [1.807, 2.05) is 7.05 Å². The number of sulfonamides is 1. The Labute approximate surface area is 246 Å². The number of nitrogens with one attached hydrogen (secondary N) is 3. The Balaban J connectivity index is 1.33. The number of hydrogen-bond acceptors (Lipinski definition) is 9. The average molecular weight is 618 g/mol. The Bertz CT molecular complexity index is 1550. The van der Waals surface area contributed by atoms with Crippen LogP contribution in [0.25, 0.3) is 0 Å². The van der Waals surface area contributed by atoms with E-state index in [-0.39, 0.29) is 35.2 Å². The molecule has 0 bridgehead atoms. The molecule has 5 rings (SSSR count). The summed E-state index contributed by atoms with van der Waals surface area (Å²) in [6.45, 7) is 1.51. The van der Waals surface area contributed by atoms with Gasteiger partial charge in [-0.25, -0.2) is 18.4 Å². The van der Waals surface area contributed by atoms with Crippen LogP contribution in [-0.4, -0.2) is 84.1 Å². The third-order valence-electron chi connectivity index (χ3n) is 6.88. The number of nitrogens with zero attached hydrogens (tertiary/aromatic N) is 4. The van der Waals surface area contributed by atoms with Gasteiger partial charge in [-0.05, 0) is 37.7 Å². The topological polar surface area (TPSA) is 154 Å². The first kappa shape index (κ1) is 29.1. The molecule has 3 amide bonds. The SMILES string of the molecule is CN1CCc2nc(C(=O)N[C@@H]3CN(S(=O)(=O)c4ccccc4)CC[C@@H]3NC(=O)C(=O)Nc3ccc(Cl)cn3)sc2C1. The summed E-state index contributed by atoms with van der Waals surface area (Å²) in [6.07, 6.45) is 2.23. The molecule has 2 aliphatic rings. The van der Waals surface area contributed by atoms with E-state index in [0.717, 1.165) is 23.5 Å². The number of thiazole rings is 1. The molecular weight excluding hydrogens is 590 g/mol. The van der Waals surface area contributed by atoms with E-state index in [1.165, 1.54) is 46.1 Å². The lowest BCUT2D eigenvalue weighted by Gasteiger charge is -2.38. The van der Waals surface area contributed by atoms with Crippen molar-refractivity contribution in [3.05, 3.63) is 69.3 Å². The van der Waals surface area contributed by atoms with Crippen LogP contribution in [0.5, 0.6) is 0 Å². The van der Waals surface area contributed by atoms with Gasteiger partial charge in [0, 0.05) is 43.7 Å². The highest BCUT2D eigenvalue weighted by Gasteiger charge is 2.38. The number of benzene rings is 1. The second-order valence-electron chi connectivity index (χ2n) is 9.82. The Kier molecular flexibility index (Phi) is 8.66. The molecule has 0 unspecified atom stereocenters. The van der Waals surface area contributed by atoms with Gasteiger partial charge in [0.25, 0.3) is 5.91 Å². The van der Waals surface area contributed by atoms with Crippen molar-refractivity contribution in [2.45, 2.75) is 36.4 Å². The van der Waals surface area contributed by atoms with Crippen molar-refractivity contribution in [3.63, 3.8) is 0 Å². The molecule has 2 atom stereocenters. The summed E-state index contributed by atoms with van der Waals surface area (Å²) in [7, 11) is -1.87. The molecule has 0 aliphatic carbocycles. The number of fused-ring (bicyclic) bond motifs is 1. The largest absolute Gasteiger partial charge is 0.344 e. The Morgan fingerprint density at radius 1 is 1.02 bits per heavy atom. The second-order valence-corrected chi connectivity index (χ2v) is 13.3. The summed E-state index contributed by atoms with van der Waals surface area (Å²) in [5.41, 5.74) is 0.882. The zero-order chi connectivity index (χ0) is 29.1. The fourth-order valence-electron chi connectivity index (χ4n) is 4.71. The van der Waals surface area contributed by atoms with Crippen LogP contribution in [-0.2, 0) is 32.6 Å². The van der Waals surface area contributed by atoms with Gasteiger partial charge in [0.05, 0.1) is 27.7 Å². The number of amides is 3. The van der Waals surface area contributed by atoms with Crippen LogP contribution in [0.15, 0.2) is 53.6 Å². The third kappa shape index (κ3) is 6.73. The van der Waals surface area contributed by atoms with Crippen LogP contribution in [0.3, 0.4) is 0 Å². The number of pyridine rings is 1. The number of anilines is 1. The summed E-state index contributed by atoms with van der Waals surface area (Å²) in [5.74, 6) is -2.23. The molecule has 1 saturated heterocycles. The lowest BCUT2D eigenvalue weighted by atomic mass is 10.0. The first-order valence-electron chi connectivity index (χ1n) is 12.9. The number of halogens is 1. The summed E-state index contributed by atoms with van der Waals surface area (Å²) in [5, 5.41) is 8.57. The van der Waals surface area contributed by atoms with Gasteiger partial charge in [-0.1, -0.05) is 29.8 Å². The fraction of sp³-hybridized carbons (Fsp3) is 0.346. The van der Waals surface area contributed by atoms with Crippen molar-refractivity contribution >= 4 is 56.5 Å². The van der Waals surface area contributed by atoms with Gasteiger partial charge in [-0.2, -0.15) is 4.31 Å². The van der Waals surface area contributed by atoms with Crippen molar-refractivity contribution in [2.75, 3.05) is 32.0 Å². The highest BCUT2D eigenvalue weighted by molar-refractivity contribution is 7.89. The Hall–Kier alpha value is -3.43. The van der Waals surface area contributed by atoms with Crippen LogP contribution >= 0.6 is 22.9 Å². The molecule has 2 aromatic heterocycles. The zero-order valence-electron chi connectivity index (χ0n) is 22.0.